The number of fused-ring (bicyclic) bond motifs is 1. The van der Waals surface area contributed by atoms with Crippen molar-refractivity contribution in [3.05, 3.63) is 65.9 Å². The van der Waals surface area contributed by atoms with Gasteiger partial charge < -0.3 is 19.7 Å². The van der Waals surface area contributed by atoms with Gasteiger partial charge in [0.15, 0.2) is 0 Å². The van der Waals surface area contributed by atoms with Crippen LogP contribution in [0.25, 0.3) is 10.9 Å². The first-order valence-electron chi connectivity index (χ1n) is 9.18. The van der Waals surface area contributed by atoms with Gasteiger partial charge in [0.05, 0.1) is 18.6 Å². The molecule has 1 aromatic heterocycles. The van der Waals surface area contributed by atoms with Gasteiger partial charge >= 0.3 is 0 Å². The van der Waals surface area contributed by atoms with E-state index < -0.39 is 6.10 Å². The molecule has 1 unspecified atom stereocenters. The Balaban J connectivity index is 1.60. The normalized spacial score (nSPS) is 12.3. The van der Waals surface area contributed by atoms with E-state index in [0.29, 0.717) is 5.75 Å². The van der Waals surface area contributed by atoms with Crippen LogP contribution in [0.15, 0.2) is 54.7 Å². The fraction of sp³-hybridized carbons (Fsp3) is 0.318. The van der Waals surface area contributed by atoms with Crippen molar-refractivity contribution in [2.45, 2.75) is 32.5 Å². The number of nitrogens with zero attached hydrogens (tertiary/aromatic N) is 1. The average molecular weight is 366 g/mol. The number of aliphatic hydroxyl groups excluding tert-OH is 1. The number of para-hydroxylation sites is 1. The Hall–Kier alpha value is -2.79. The van der Waals surface area contributed by atoms with Crippen LogP contribution in [0.5, 0.6) is 5.75 Å². The van der Waals surface area contributed by atoms with Crippen molar-refractivity contribution >= 4 is 16.8 Å². The van der Waals surface area contributed by atoms with Crippen molar-refractivity contribution in [2.75, 3.05) is 6.54 Å². The van der Waals surface area contributed by atoms with Gasteiger partial charge in [0, 0.05) is 30.7 Å². The second-order valence-electron chi connectivity index (χ2n) is 7.02. The molecule has 0 spiro atoms. The van der Waals surface area contributed by atoms with Crippen LogP contribution in [0.3, 0.4) is 0 Å². The van der Waals surface area contributed by atoms with E-state index in [4.69, 9.17) is 4.74 Å². The zero-order chi connectivity index (χ0) is 19.4. The Morgan fingerprint density at radius 2 is 1.96 bits per heavy atom. The zero-order valence-corrected chi connectivity index (χ0v) is 16.0. The predicted molar refractivity (Wildman–Crippen MR) is 107 cm³/mol. The fourth-order valence-electron chi connectivity index (χ4n) is 3.20. The molecule has 2 N–H and O–H groups in total. The number of aliphatic hydroxyl groups is 1. The smallest absolute Gasteiger partial charge is 0.224 e. The largest absolute Gasteiger partial charge is 0.491 e. The van der Waals surface area contributed by atoms with Crippen LogP contribution in [0.4, 0.5) is 0 Å². The topological polar surface area (TPSA) is 63.5 Å². The van der Waals surface area contributed by atoms with Crippen LogP contribution >= 0.6 is 0 Å². The van der Waals surface area contributed by atoms with Crippen LogP contribution in [0.1, 0.15) is 31.1 Å². The van der Waals surface area contributed by atoms with Crippen molar-refractivity contribution in [3.8, 4) is 5.75 Å². The Kier molecular flexibility index (Phi) is 5.81. The molecule has 0 saturated carbocycles. The number of benzene rings is 2. The highest BCUT2D eigenvalue weighted by molar-refractivity contribution is 5.89. The van der Waals surface area contributed by atoms with Crippen LogP contribution in [0, 0.1) is 0 Å². The van der Waals surface area contributed by atoms with Crippen LogP contribution < -0.4 is 10.1 Å². The van der Waals surface area contributed by atoms with Crippen LogP contribution in [0.2, 0.25) is 0 Å². The summed E-state index contributed by atoms with van der Waals surface area (Å²) < 4.78 is 7.67. The van der Waals surface area contributed by atoms with E-state index in [1.54, 1.807) is 0 Å². The summed E-state index contributed by atoms with van der Waals surface area (Å²) in [5.41, 5.74) is 2.80. The fourth-order valence-corrected chi connectivity index (χ4v) is 3.20. The molecule has 1 amide bonds. The summed E-state index contributed by atoms with van der Waals surface area (Å²) in [5.74, 6) is 0.601. The molecule has 0 aliphatic rings. The summed E-state index contributed by atoms with van der Waals surface area (Å²) in [4.78, 5) is 12.4. The molecule has 0 aliphatic carbocycles. The number of aryl methyl sites for hydroxylation is 1. The Morgan fingerprint density at radius 3 is 2.74 bits per heavy atom. The number of hydrogen-bond acceptors (Lipinski definition) is 3. The molecule has 3 rings (SSSR count). The standard InChI is InChI=1S/C22H26N2O3/c1-15(2)27-18-8-6-7-16(11-18)21(25)13-23-22(26)12-17-14-24(3)20-10-5-4-9-19(17)20/h4-11,14-15,21,25H,12-13H2,1-3H3,(H,23,26). The number of hydrogen-bond donors (Lipinski definition) is 2. The van der Waals surface area contributed by atoms with E-state index in [2.05, 4.69) is 5.32 Å². The van der Waals surface area contributed by atoms with Gasteiger partial charge in [0.25, 0.3) is 0 Å². The quantitative estimate of drug-likeness (QED) is 0.674. The van der Waals surface area contributed by atoms with Crippen LogP contribution in [-0.4, -0.2) is 28.2 Å². The summed E-state index contributed by atoms with van der Waals surface area (Å²) in [6, 6.07) is 15.3. The van der Waals surface area contributed by atoms with Gasteiger partial charge in [-0.3, -0.25) is 4.79 Å². The maximum absolute atomic E-state index is 12.4. The third-order valence-corrected chi connectivity index (χ3v) is 4.44. The molecular weight excluding hydrogens is 340 g/mol. The third-order valence-electron chi connectivity index (χ3n) is 4.44. The Bertz CT molecular complexity index is 930. The number of aromatic nitrogens is 1. The first-order chi connectivity index (χ1) is 12.9. The molecule has 5 nitrogen and oxygen atoms in total. The van der Waals surface area contributed by atoms with Crippen LogP contribution in [-0.2, 0) is 18.3 Å². The highest BCUT2D eigenvalue weighted by Gasteiger charge is 2.13. The monoisotopic (exact) mass is 366 g/mol. The molecule has 1 atom stereocenters. The van der Waals surface area contributed by atoms with Gasteiger partial charge in [0.2, 0.25) is 5.91 Å². The predicted octanol–water partition coefficient (Wildman–Crippen LogP) is 3.36. The molecule has 0 fully saturated rings. The van der Waals surface area contributed by atoms with E-state index in [1.807, 2.05) is 80.2 Å². The number of ether oxygens (including phenoxy) is 1. The minimum absolute atomic E-state index is 0.0674. The van der Waals surface area contributed by atoms with E-state index in [0.717, 1.165) is 22.0 Å². The number of rotatable bonds is 7. The van der Waals surface area contributed by atoms with E-state index >= 15 is 0 Å². The Morgan fingerprint density at radius 1 is 1.19 bits per heavy atom. The lowest BCUT2D eigenvalue weighted by molar-refractivity contribution is -0.120. The molecule has 2 aromatic carbocycles. The van der Waals surface area contributed by atoms with Gasteiger partial charge in [0.1, 0.15) is 5.75 Å². The lowest BCUT2D eigenvalue weighted by Gasteiger charge is -2.15. The van der Waals surface area contributed by atoms with E-state index in [9.17, 15) is 9.90 Å². The van der Waals surface area contributed by atoms with Gasteiger partial charge in [-0.15, -0.1) is 0 Å². The lowest BCUT2D eigenvalue weighted by atomic mass is 10.1. The van der Waals surface area contributed by atoms with Gasteiger partial charge in [-0.1, -0.05) is 30.3 Å². The first-order valence-corrected chi connectivity index (χ1v) is 9.18. The van der Waals surface area contributed by atoms with Gasteiger partial charge in [-0.25, -0.2) is 0 Å². The second kappa shape index (κ2) is 8.27. The zero-order valence-electron chi connectivity index (χ0n) is 16.0. The van der Waals surface area contributed by atoms with Gasteiger partial charge in [-0.05, 0) is 43.2 Å². The molecule has 5 heteroatoms. The molecular formula is C22H26N2O3. The summed E-state index contributed by atoms with van der Waals surface area (Å²) in [6.07, 6.45) is 1.55. The van der Waals surface area contributed by atoms with Crippen molar-refractivity contribution in [1.29, 1.82) is 0 Å². The molecule has 0 aliphatic heterocycles. The molecule has 0 saturated heterocycles. The summed E-state index contributed by atoms with van der Waals surface area (Å²) in [6.45, 7) is 4.07. The highest BCUT2D eigenvalue weighted by atomic mass is 16.5. The Labute approximate surface area is 159 Å². The third kappa shape index (κ3) is 4.68. The molecule has 0 bridgehead atoms. The van der Waals surface area contributed by atoms with Crippen molar-refractivity contribution in [1.82, 2.24) is 9.88 Å². The number of carbonyl (C=O) groups is 1. The first kappa shape index (κ1) is 19.0. The summed E-state index contributed by atoms with van der Waals surface area (Å²) in [7, 11) is 1.97. The molecule has 142 valence electrons. The van der Waals surface area contributed by atoms with E-state index in [-0.39, 0.29) is 25.0 Å². The summed E-state index contributed by atoms with van der Waals surface area (Å²) in [5, 5.41) is 14.3. The van der Waals surface area contributed by atoms with Gasteiger partial charge in [-0.2, -0.15) is 0 Å². The SMILES string of the molecule is CC(C)Oc1cccc(C(O)CNC(=O)Cc2cn(C)c3ccccc23)c1. The summed E-state index contributed by atoms with van der Waals surface area (Å²) >= 11 is 0. The van der Waals surface area contributed by atoms with Crippen molar-refractivity contribution < 1.29 is 14.6 Å². The van der Waals surface area contributed by atoms with Crippen molar-refractivity contribution in [3.63, 3.8) is 0 Å². The van der Waals surface area contributed by atoms with E-state index in [1.165, 1.54) is 0 Å². The second-order valence-corrected chi connectivity index (χ2v) is 7.02. The lowest BCUT2D eigenvalue weighted by Crippen LogP contribution is -2.29. The molecule has 3 aromatic rings. The number of nitrogens with one attached hydrogen (secondary N) is 1. The number of amides is 1. The molecule has 1 heterocycles. The maximum Gasteiger partial charge on any atom is 0.224 e. The highest BCUT2D eigenvalue weighted by Crippen LogP contribution is 2.22. The van der Waals surface area contributed by atoms with Crippen molar-refractivity contribution in [2.24, 2.45) is 7.05 Å². The minimum Gasteiger partial charge on any atom is -0.491 e. The molecule has 27 heavy (non-hydrogen) atoms. The minimum atomic E-state index is -0.780. The average Bonchev–Trinajstić information content (AvgIpc) is 2.95. The molecule has 0 radical (unpaired) electrons. The maximum atomic E-state index is 12.4. The number of carbonyl (C=O) groups excluding carboxylic acids is 1.